The van der Waals surface area contributed by atoms with Crippen molar-refractivity contribution in [2.45, 2.75) is 58.8 Å². The van der Waals surface area contributed by atoms with E-state index in [1.165, 1.54) is 28.7 Å². The number of aryl methyl sites for hydroxylation is 1. The molecular weight excluding hydrogens is 485 g/mol. The summed E-state index contributed by atoms with van der Waals surface area (Å²) in [6, 6.07) is 13.3. The van der Waals surface area contributed by atoms with Gasteiger partial charge in [0.05, 0.1) is 26.9 Å². The number of urea groups is 1. The van der Waals surface area contributed by atoms with E-state index < -0.39 is 0 Å². The van der Waals surface area contributed by atoms with E-state index >= 15 is 0 Å². The molecule has 0 radical (unpaired) electrons. The second-order valence-electron chi connectivity index (χ2n) is 8.99. The summed E-state index contributed by atoms with van der Waals surface area (Å²) in [5.74, 6) is 2.10. The maximum absolute atomic E-state index is 12.1. The summed E-state index contributed by atoms with van der Waals surface area (Å²) in [5, 5.41) is 3.95. The van der Waals surface area contributed by atoms with Crippen LogP contribution in [0.5, 0.6) is 11.5 Å². The van der Waals surface area contributed by atoms with Gasteiger partial charge in [0.1, 0.15) is 0 Å². The number of nitrogens with zero attached hydrogens (tertiary/aromatic N) is 2. The van der Waals surface area contributed by atoms with Crippen molar-refractivity contribution in [2.75, 3.05) is 33.3 Å². The zero-order chi connectivity index (χ0) is 28.1. The SMILES string of the molecule is CCCC(=O)N(CCC)C(=O)Nc1ccc(C)cc1.CF.COc1cc2nccc(C3CC3)c2cc1OC. The number of benzene rings is 2. The van der Waals surface area contributed by atoms with Gasteiger partial charge >= 0.3 is 6.03 Å². The van der Waals surface area contributed by atoms with Crippen LogP contribution >= 0.6 is 0 Å². The molecule has 3 aromatic rings. The molecule has 0 aliphatic heterocycles. The van der Waals surface area contributed by atoms with Crippen LogP contribution in [0.25, 0.3) is 10.9 Å². The van der Waals surface area contributed by atoms with Crippen molar-refractivity contribution >= 4 is 28.5 Å². The first-order chi connectivity index (χ1) is 18.4. The highest BCUT2D eigenvalue weighted by Crippen LogP contribution is 2.44. The maximum Gasteiger partial charge on any atom is 0.328 e. The molecule has 0 spiro atoms. The number of aromatic nitrogens is 1. The number of carbonyl (C=O) groups is 2. The van der Waals surface area contributed by atoms with E-state index in [-0.39, 0.29) is 11.9 Å². The maximum atomic E-state index is 12.1. The summed E-state index contributed by atoms with van der Waals surface area (Å²) in [4.78, 5) is 29.7. The van der Waals surface area contributed by atoms with Gasteiger partial charge in [-0.2, -0.15) is 0 Å². The van der Waals surface area contributed by atoms with Crippen LogP contribution in [0.3, 0.4) is 0 Å². The number of methoxy groups -OCH3 is 2. The standard InChI is InChI=1S/C15H22N2O2.C14H15NO2.CH3F/c1-4-6-14(18)17(11-5-2)15(19)16-13-9-7-12(3)8-10-13;1-16-13-7-11-10(9-3-4-9)5-6-15-12(11)8-14(13)17-2;1-2/h7-10H,4-6,11H2,1-3H3,(H,16,19);5-9H,3-4H2,1-2H3;1H3. The van der Waals surface area contributed by atoms with Crippen LogP contribution in [0.1, 0.15) is 63.0 Å². The quantitative estimate of drug-likeness (QED) is 0.334. The van der Waals surface area contributed by atoms with Crippen LogP contribution in [0.15, 0.2) is 48.7 Å². The summed E-state index contributed by atoms with van der Waals surface area (Å²) < 4.78 is 20.1. The van der Waals surface area contributed by atoms with E-state index in [1.54, 1.807) is 14.2 Å². The number of hydrogen-bond acceptors (Lipinski definition) is 5. The molecule has 2 aromatic carbocycles. The number of imide groups is 1. The van der Waals surface area contributed by atoms with Crippen molar-refractivity contribution in [3.8, 4) is 11.5 Å². The Bertz CT molecular complexity index is 1180. The minimum Gasteiger partial charge on any atom is -0.493 e. The second kappa shape index (κ2) is 15.5. The number of amides is 3. The lowest BCUT2D eigenvalue weighted by molar-refractivity contribution is -0.128. The minimum atomic E-state index is -0.343. The van der Waals surface area contributed by atoms with Gasteiger partial charge in [-0.3, -0.25) is 19.1 Å². The van der Waals surface area contributed by atoms with E-state index in [9.17, 15) is 14.0 Å². The van der Waals surface area contributed by atoms with Crippen molar-refractivity contribution in [3.63, 3.8) is 0 Å². The lowest BCUT2D eigenvalue weighted by atomic mass is 10.0. The fourth-order valence-electron chi connectivity index (χ4n) is 3.98. The number of pyridine rings is 1. The van der Waals surface area contributed by atoms with Crippen LogP contribution in [0.2, 0.25) is 0 Å². The molecule has 1 N–H and O–H groups in total. The highest BCUT2D eigenvalue weighted by atomic mass is 19.1. The van der Waals surface area contributed by atoms with E-state index in [1.807, 2.05) is 63.4 Å². The molecule has 1 aliphatic rings. The van der Waals surface area contributed by atoms with E-state index in [2.05, 4.69) is 16.4 Å². The van der Waals surface area contributed by atoms with Crippen molar-refractivity contribution in [1.82, 2.24) is 9.88 Å². The zero-order valence-electron chi connectivity index (χ0n) is 23.3. The molecule has 0 unspecified atom stereocenters. The number of anilines is 1. The summed E-state index contributed by atoms with van der Waals surface area (Å²) in [6.07, 6.45) is 6.36. The molecule has 1 fully saturated rings. The van der Waals surface area contributed by atoms with Crippen molar-refractivity contribution in [1.29, 1.82) is 0 Å². The van der Waals surface area contributed by atoms with Crippen LogP contribution in [0.4, 0.5) is 14.9 Å². The molecule has 1 aliphatic carbocycles. The van der Waals surface area contributed by atoms with E-state index in [0.29, 0.717) is 31.7 Å². The molecule has 3 amide bonds. The van der Waals surface area contributed by atoms with Gasteiger partial charge in [-0.1, -0.05) is 31.5 Å². The summed E-state index contributed by atoms with van der Waals surface area (Å²) >= 11 is 0. The zero-order valence-corrected chi connectivity index (χ0v) is 23.3. The van der Waals surface area contributed by atoms with Crippen molar-refractivity contribution in [2.24, 2.45) is 0 Å². The lowest BCUT2D eigenvalue weighted by Gasteiger charge is -2.20. The number of nitrogens with one attached hydrogen (secondary N) is 1. The van der Waals surface area contributed by atoms with Gasteiger partial charge in [0, 0.05) is 36.3 Å². The monoisotopic (exact) mass is 525 g/mol. The molecule has 38 heavy (non-hydrogen) atoms. The fraction of sp³-hybridized carbons (Fsp3) is 0.433. The van der Waals surface area contributed by atoms with Gasteiger partial charge in [-0.05, 0) is 68.4 Å². The molecule has 0 atom stereocenters. The average Bonchev–Trinajstić information content (AvgIpc) is 3.79. The van der Waals surface area contributed by atoms with Crippen molar-refractivity contribution in [3.05, 3.63) is 59.8 Å². The first-order valence-electron chi connectivity index (χ1n) is 13.0. The van der Waals surface area contributed by atoms with E-state index in [0.717, 1.165) is 35.4 Å². The first-order valence-corrected chi connectivity index (χ1v) is 13.0. The lowest BCUT2D eigenvalue weighted by Crippen LogP contribution is -2.40. The van der Waals surface area contributed by atoms with Crippen LogP contribution < -0.4 is 14.8 Å². The Labute approximate surface area is 225 Å². The Hall–Kier alpha value is -3.68. The Balaban J connectivity index is 0.000000251. The number of rotatable bonds is 8. The van der Waals surface area contributed by atoms with Crippen LogP contribution in [0, 0.1) is 6.92 Å². The Morgan fingerprint density at radius 1 is 1.00 bits per heavy atom. The molecule has 1 saturated carbocycles. The van der Waals surface area contributed by atoms with Gasteiger partial charge in [-0.15, -0.1) is 0 Å². The fourth-order valence-corrected chi connectivity index (χ4v) is 3.98. The number of ether oxygens (including phenoxy) is 2. The summed E-state index contributed by atoms with van der Waals surface area (Å²) in [5.41, 5.74) is 4.20. The van der Waals surface area contributed by atoms with Gasteiger partial charge < -0.3 is 14.8 Å². The van der Waals surface area contributed by atoms with Crippen molar-refractivity contribution < 1.29 is 23.5 Å². The van der Waals surface area contributed by atoms with Crippen LogP contribution in [-0.4, -0.2) is 49.8 Å². The highest BCUT2D eigenvalue weighted by molar-refractivity contribution is 6.01. The molecule has 0 bridgehead atoms. The van der Waals surface area contributed by atoms with Gasteiger partial charge in [0.15, 0.2) is 11.5 Å². The molecule has 0 saturated heterocycles. The smallest absolute Gasteiger partial charge is 0.328 e. The molecule has 7 nitrogen and oxygen atoms in total. The molecular formula is C30H40FN3O4. The number of halogens is 1. The summed E-state index contributed by atoms with van der Waals surface area (Å²) in [6.45, 7) is 6.32. The normalized spacial score (nSPS) is 11.9. The number of carbonyl (C=O) groups excluding carboxylic acids is 2. The Kier molecular flexibility index (Phi) is 12.5. The number of hydrogen-bond donors (Lipinski definition) is 1. The number of fused-ring (bicyclic) bond motifs is 1. The summed E-state index contributed by atoms with van der Waals surface area (Å²) in [7, 11) is 3.81. The second-order valence-corrected chi connectivity index (χ2v) is 8.99. The highest BCUT2D eigenvalue weighted by Gasteiger charge is 2.26. The molecule has 8 heteroatoms. The minimum absolute atomic E-state index is 0.117. The Morgan fingerprint density at radius 3 is 2.18 bits per heavy atom. The predicted molar refractivity (Wildman–Crippen MR) is 151 cm³/mol. The largest absolute Gasteiger partial charge is 0.493 e. The third-order valence-corrected chi connectivity index (χ3v) is 6.06. The van der Waals surface area contributed by atoms with Crippen LogP contribution in [-0.2, 0) is 4.79 Å². The molecule has 1 aromatic heterocycles. The molecule has 4 rings (SSSR count). The Morgan fingerprint density at radius 2 is 1.63 bits per heavy atom. The van der Waals surface area contributed by atoms with Gasteiger partial charge in [0.25, 0.3) is 0 Å². The van der Waals surface area contributed by atoms with Gasteiger partial charge in [-0.25, -0.2) is 4.79 Å². The number of alkyl halides is 1. The molecule has 206 valence electrons. The van der Waals surface area contributed by atoms with E-state index in [4.69, 9.17) is 9.47 Å². The molecule has 1 heterocycles. The topological polar surface area (TPSA) is 80.8 Å². The predicted octanol–water partition coefficient (Wildman–Crippen LogP) is 7.28. The third-order valence-electron chi connectivity index (χ3n) is 6.06. The van der Waals surface area contributed by atoms with Gasteiger partial charge in [0.2, 0.25) is 5.91 Å². The third kappa shape index (κ3) is 8.43. The first kappa shape index (κ1) is 30.5. The average molecular weight is 526 g/mol.